The Hall–Kier alpha value is -0.930. The molecule has 0 amide bonds. The average Bonchev–Trinajstić information content (AvgIpc) is 2.10. The summed E-state index contributed by atoms with van der Waals surface area (Å²) in [4.78, 5) is 0. The van der Waals surface area contributed by atoms with Crippen molar-refractivity contribution in [1.82, 2.24) is 0 Å². The number of nitrogens with two attached hydrogens (primary N) is 1. The van der Waals surface area contributed by atoms with Gasteiger partial charge >= 0.3 is 0 Å². The number of methoxy groups -OCH3 is 1. The molecule has 3 nitrogen and oxygen atoms in total. The lowest BCUT2D eigenvalue weighted by Crippen LogP contribution is -2.18. The third kappa shape index (κ3) is 3.09. The zero-order valence-electron chi connectivity index (χ0n) is 8.29. The van der Waals surface area contributed by atoms with E-state index in [-0.39, 0.29) is 6.10 Å². The van der Waals surface area contributed by atoms with E-state index in [1.54, 1.807) is 25.3 Å². The second-order valence-corrected chi connectivity index (χ2v) is 3.48. The summed E-state index contributed by atoms with van der Waals surface area (Å²) >= 11 is 5.93. The van der Waals surface area contributed by atoms with Gasteiger partial charge < -0.3 is 15.2 Å². The van der Waals surface area contributed by atoms with Gasteiger partial charge in [-0.15, -0.1) is 0 Å². The van der Waals surface area contributed by atoms with Crippen LogP contribution in [0.2, 0.25) is 5.02 Å². The SMILES string of the molecule is COC[C@@H](C)Oc1ccc(N)cc1Cl. The molecule has 4 heteroatoms. The molecule has 0 radical (unpaired) electrons. The highest BCUT2D eigenvalue weighted by molar-refractivity contribution is 6.32. The molecule has 0 bridgehead atoms. The van der Waals surface area contributed by atoms with Crippen molar-refractivity contribution in [2.75, 3.05) is 19.5 Å². The Morgan fingerprint density at radius 3 is 2.79 bits per heavy atom. The highest BCUT2D eigenvalue weighted by Gasteiger charge is 2.06. The van der Waals surface area contributed by atoms with Crippen LogP contribution in [0.3, 0.4) is 0 Å². The quantitative estimate of drug-likeness (QED) is 0.785. The number of benzene rings is 1. The number of nitrogen functional groups attached to an aromatic ring is 1. The monoisotopic (exact) mass is 215 g/mol. The summed E-state index contributed by atoms with van der Waals surface area (Å²) in [6.45, 7) is 2.44. The summed E-state index contributed by atoms with van der Waals surface area (Å²) in [6.07, 6.45) is -0.0267. The lowest BCUT2D eigenvalue weighted by atomic mass is 10.3. The van der Waals surface area contributed by atoms with E-state index in [4.69, 9.17) is 26.8 Å². The van der Waals surface area contributed by atoms with Gasteiger partial charge in [-0.2, -0.15) is 0 Å². The topological polar surface area (TPSA) is 44.5 Å². The van der Waals surface area contributed by atoms with Gasteiger partial charge in [0.25, 0.3) is 0 Å². The van der Waals surface area contributed by atoms with Crippen LogP contribution in [0, 0.1) is 0 Å². The van der Waals surface area contributed by atoms with Crippen LogP contribution in [0.5, 0.6) is 5.75 Å². The highest BCUT2D eigenvalue weighted by Crippen LogP contribution is 2.27. The molecule has 0 spiro atoms. The molecule has 0 aromatic heterocycles. The Morgan fingerprint density at radius 1 is 1.50 bits per heavy atom. The van der Waals surface area contributed by atoms with Crippen molar-refractivity contribution in [1.29, 1.82) is 0 Å². The molecular weight excluding hydrogens is 202 g/mol. The summed E-state index contributed by atoms with van der Waals surface area (Å²) < 4.78 is 10.5. The summed E-state index contributed by atoms with van der Waals surface area (Å²) in [6, 6.07) is 5.17. The molecule has 0 saturated carbocycles. The fraction of sp³-hybridized carbons (Fsp3) is 0.400. The van der Waals surface area contributed by atoms with Gasteiger partial charge in [0.15, 0.2) is 0 Å². The average molecular weight is 216 g/mol. The first-order valence-electron chi connectivity index (χ1n) is 4.34. The molecule has 2 N–H and O–H groups in total. The van der Waals surface area contributed by atoms with Crippen LogP contribution in [-0.4, -0.2) is 19.8 Å². The molecule has 0 heterocycles. The van der Waals surface area contributed by atoms with E-state index < -0.39 is 0 Å². The van der Waals surface area contributed by atoms with E-state index in [9.17, 15) is 0 Å². The molecule has 78 valence electrons. The maximum Gasteiger partial charge on any atom is 0.138 e. The molecule has 0 aliphatic heterocycles. The summed E-state index contributed by atoms with van der Waals surface area (Å²) in [5.41, 5.74) is 6.18. The van der Waals surface area contributed by atoms with Gasteiger partial charge in [-0.05, 0) is 25.1 Å². The van der Waals surface area contributed by atoms with Gasteiger partial charge in [0.05, 0.1) is 11.6 Å². The van der Waals surface area contributed by atoms with Gasteiger partial charge in [-0.3, -0.25) is 0 Å². The Labute approximate surface area is 88.8 Å². The van der Waals surface area contributed by atoms with Crippen molar-refractivity contribution in [3.63, 3.8) is 0 Å². The Kier molecular flexibility index (Phi) is 4.04. The van der Waals surface area contributed by atoms with Gasteiger partial charge in [-0.25, -0.2) is 0 Å². The normalized spacial score (nSPS) is 12.5. The van der Waals surface area contributed by atoms with Crippen LogP contribution in [0.25, 0.3) is 0 Å². The van der Waals surface area contributed by atoms with Gasteiger partial charge in [0.1, 0.15) is 11.9 Å². The van der Waals surface area contributed by atoms with E-state index in [1.807, 2.05) is 6.92 Å². The maximum absolute atomic E-state index is 5.93. The Balaban J connectivity index is 2.67. The van der Waals surface area contributed by atoms with Crippen LogP contribution in [0.4, 0.5) is 5.69 Å². The van der Waals surface area contributed by atoms with Crippen LogP contribution in [-0.2, 0) is 4.74 Å². The Bertz CT molecular complexity index is 304. The number of hydrogen-bond donors (Lipinski definition) is 1. The molecule has 1 aromatic rings. The van der Waals surface area contributed by atoms with Crippen LogP contribution >= 0.6 is 11.6 Å². The van der Waals surface area contributed by atoms with E-state index in [0.717, 1.165) is 0 Å². The summed E-state index contributed by atoms with van der Waals surface area (Å²) in [5, 5.41) is 0.521. The predicted molar refractivity (Wildman–Crippen MR) is 57.8 cm³/mol. The van der Waals surface area contributed by atoms with Crippen LogP contribution < -0.4 is 10.5 Å². The fourth-order valence-corrected chi connectivity index (χ4v) is 1.33. The fourth-order valence-electron chi connectivity index (χ4n) is 1.10. The number of rotatable bonds is 4. The predicted octanol–water partition coefficient (Wildman–Crippen LogP) is 2.34. The number of halogens is 1. The number of hydrogen-bond acceptors (Lipinski definition) is 3. The minimum Gasteiger partial charge on any atom is -0.487 e. The molecule has 0 unspecified atom stereocenters. The second-order valence-electron chi connectivity index (χ2n) is 3.07. The van der Waals surface area contributed by atoms with Crippen molar-refractivity contribution in [3.05, 3.63) is 23.2 Å². The molecular formula is C10H14ClNO2. The summed E-state index contributed by atoms with van der Waals surface area (Å²) in [7, 11) is 1.63. The standard InChI is InChI=1S/C10H14ClNO2/c1-7(6-13-2)14-10-4-3-8(12)5-9(10)11/h3-5,7H,6,12H2,1-2H3/t7-/m1/s1. The first-order valence-corrected chi connectivity index (χ1v) is 4.72. The third-order valence-corrected chi connectivity index (χ3v) is 1.98. The molecule has 1 aromatic carbocycles. The summed E-state index contributed by atoms with van der Waals surface area (Å²) in [5.74, 6) is 0.630. The maximum atomic E-state index is 5.93. The lowest BCUT2D eigenvalue weighted by molar-refractivity contribution is 0.0921. The molecule has 0 fully saturated rings. The van der Waals surface area contributed by atoms with Crippen molar-refractivity contribution in [2.45, 2.75) is 13.0 Å². The molecule has 1 atom stereocenters. The van der Waals surface area contributed by atoms with E-state index in [2.05, 4.69) is 0 Å². The van der Waals surface area contributed by atoms with Gasteiger partial charge in [-0.1, -0.05) is 11.6 Å². The number of anilines is 1. The van der Waals surface area contributed by atoms with Gasteiger partial charge in [0, 0.05) is 12.8 Å². The molecule has 0 aliphatic carbocycles. The minimum atomic E-state index is -0.0267. The molecule has 14 heavy (non-hydrogen) atoms. The van der Waals surface area contributed by atoms with E-state index >= 15 is 0 Å². The molecule has 0 saturated heterocycles. The third-order valence-electron chi connectivity index (χ3n) is 1.69. The number of ether oxygens (including phenoxy) is 2. The van der Waals surface area contributed by atoms with Gasteiger partial charge in [0.2, 0.25) is 0 Å². The smallest absolute Gasteiger partial charge is 0.138 e. The first kappa shape index (κ1) is 11.1. The molecule has 1 rings (SSSR count). The van der Waals surface area contributed by atoms with Crippen LogP contribution in [0.1, 0.15) is 6.92 Å². The minimum absolute atomic E-state index is 0.0267. The largest absolute Gasteiger partial charge is 0.487 e. The van der Waals surface area contributed by atoms with Crippen molar-refractivity contribution >= 4 is 17.3 Å². The van der Waals surface area contributed by atoms with Crippen molar-refractivity contribution < 1.29 is 9.47 Å². The van der Waals surface area contributed by atoms with Crippen molar-refractivity contribution in [3.8, 4) is 5.75 Å². The second kappa shape index (κ2) is 5.08. The zero-order chi connectivity index (χ0) is 10.6. The van der Waals surface area contributed by atoms with E-state index in [0.29, 0.717) is 23.1 Å². The lowest BCUT2D eigenvalue weighted by Gasteiger charge is -2.14. The van der Waals surface area contributed by atoms with Crippen LogP contribution in [0.15, 0.2) is 18.2 Å². The molecule has 0 aliphatic rings. The first-order chi connectivity index (χ1) is 6.63. The Morgan fingerprint density at radius 2 is 2.21 bits per heavy atom. The zero-order valence-corrected chi connectivity index (χ0v) is 9.04. The highest BCUT2D eigenvalue weighted by atomic mass is 35.5. The van der Waals surface area contributed by atoms with E-state index in [1.165, 1.54) is 0 Å². The van der Waals surface area contributed by atoms with Crippen molar-refractivity contribution in [2.24, 2.45) is 0 Å².